The Morgan fingerprint density at radius 1 is 1.08 bits per heavy atom. The fraction of sp³-hybridized carbons (Fsp3) is 0.650. The summed E-state index contributed by atoms with van der Waals surface area (Å²) in [5.41, 5.74) is 0.469. The van der Waals surface area contributed by atoms with Crippen LogP contribution in [0.5, 0.6) is 0 Å². The van der Waals surface area contributed by atoms with E-state index in [1.165, 1.54) is 10.7 Å². The van der Waals surface area contributed by atoms with Crippen molar-refractivity contribution in [1.82, 2.24) is 9.21 Å². The topological polar surface area (TPSA) is 57.7 Å². The highest BCUT2D eigenvalue weighted by Gasteiger charge is 2.30. The van der Waals surface area contributed by atoms with Crippen LogP contribution in [-0.4, -0.2) is 49.2 Å². The Balaban J connectivity index is 1.82. The zero-order valence-electron chi connectivity index (χ0n) is 15.9. The van der Waals surface area contributed by atoms with Gasteiger partial charge in [-0.3, -0.25) is 4.79 Å². The molecule has 1 aromatic carbocycles. The number of piperidine rings is 1. The molecule has 1 unspecified atom stereocenters. The van der Waals surface area contributed by atoms with Gasteiger partial charge in [-0.05, 0) is 57.2 Å². The second kappa shape index (κ2) is 8.09. The molecule has 1 aliphatic heterocycles. The number of nitrogens with zero attached hydrogens (tertiary/aromatic N) is 2. The maximum atomic E-state index is 13.0. The monoisotopic (exact) mass is 378 g/mol. The van der Waals surface area contributed by atoms with E-state index in [4.69, 9.17) is 0 Å². The molecule has 0 spiro atoms. The van der Waals surface area contributed by atoms with E-state index in [2.05, 4.69) is 6.92 Å². The minimum absolute atomic E-state index is 0.0606. The van der Waals surface area contributed by atoms with Crippen LogP contribution in [0.25, 0.3) is 0 Å². The largest absolute Gasteiger partial charge is 0.336 e. The Labute approximate surface area is 157 Å². The molecule has 0 radical (unpaired) electrons. The second-order valence-corrected chi connectivity index (χ2v) is 9.68. The van der Waals surface area contributed by atoms with Crippen LogP contribution in [0, 0.1) is 0 Å². The molecule has 0 bridgehead atoms. The van der Waals surface area contributed by atoms with E-state index in [0.717, 1.165) is 51.5 Å². The molecule has 144 valence electrons. The lowest BCUT2D eigenvalue weighted by Crippen LogP contribution is -2.42. The average molecular weight is 379 g/mol. The molecule has 6 heteroatoms. The summed E-state index contributed by atoms with van der Waals surface area (Å²) in [6.45, 7) is 2.81. The van der Waals surface area contributed by atoms with E-state index < -0.39 is 10.0 Å². The van der Waals surface area contributed by atoms with Gasteiger partial charge in [0.2, 0.25) is 10.0 Å². The molecule has 1 atom stereocenters. The Kier molecular flexibility index (Phi) is 6.03. The maximum Gasteiger partial charge on any atom is 0.254 e. The molecule has 5 nitrogen and oxygen atoms in total. The first-order chi connectivity index (χ1) is 12.4. The quantitative estimate of drug-likeness (QED) is 0.803. The van der Waals surface area contributed by atoms with Gasteiger partial charge >= 0.3 is 0 Å². The van der Waals surface area contributed by atoms with Crippen molar-refractivity contribution >= 4 is 15.9 Å². The van der Waals surface area contributed by atoms with E-state index in [1.54, 1.807) is 31.3 Å². The van der Waals surface area contributed by atoms with Crippen molar-refractivity contribution in [3.63, 3.8) is 0 Å². The van der Waals surface area contributed by atoms with Crippen molar-refractivity contribution in [2.75, 3.05) is 13.6 Å². The van der Waals surface area contributed by atoms with Crippen LogP contribution in [-0.2, 0) is 10.0 Å². The number of amides is 1. The van der Waals surface area contributed by atoms with Crippen LogP contribution in [0.2, 0.25) is 0 Å². The van der Waals surface area contributed by atoms with E-state index in [-0.39, 0.29) is 22.9 Å². The molecule has 1 aromatic rings. The summed E-state index contributed by atoms with van der Waals surface area (Å²) < 4.78 is 27.6. The van der Waals surface area contributed by atoms with E-state index in [0.29, 0.717) is 5.56 Å². The van der Waals surface area contributed by atoms with Crippen molar-refractivity contribution in [2.24, 2.45) is 0 Å². The molecule has 2 fully saturated rings. The summed E-state index contributed by atoms with van der Waals surface area (Å²) in [5.74, 6) is -0.0606. The third-order valence-corrected chi connectivity index (χ3v) is 7.82. The number of hydrogen-bond donors (Lipinski definition) is 0. The second-order valence-electron chi connectivity index (χ2n) is 7.68. The maximum absolute atomic E-state index is 13.0. The summed E-state index contributed by atoms with van der Waals surface area (Å²) in [6.07, 6.45) is 8.34. The summed E-state index contributed by atoms with van der Waals surface area (Å²) in [5, 5.41) is 0. The summed E-state index contributed by atoms with van der Waals surface area (Å²) in [4.78, 5) is 15.0. The van der Waals surface area contributed by atoms with Gasteiger partial charge in [0.05, 0.1) is 4.90 Å². The van der Waals surface area contributed by atoms with Crippen molar-refractivity contribution in [2.45, 2.75) is 75.3 Å². The lowest BCUT2D eigenvalue weighted by Gasteiger charge is -2.33. The molecule has 3 rings (SSSR count). The van der Waals surface area contributed by atoms with Gasteiger partial charge in [0.1, 0.15) is 0 Å². The van der Waals surface area contributed by atoms with Crippen molar-refractivity contribution in [3.8, 4) is 0 Å². The predicted octanol–water partition coefficient (Wildman–Crippen LogP) is 3.65. The highest BCUT2D eigenvalue weighted by Crippen LogP contribution is 2.27. The van der Waals surface area contributed by atoms with Gasteiger partial charge in [-0.2, -0.15) is 4.31 Å². The SMILES string of the molecule is CC1CCCCN1C(=O)c1cccc(S(=O)(=O)N(C)C2CCCCC2)c1. The molecule has 0 aromatic heterocycles. The van der Waals surface area contributed by atoms with Crippen LogP contribution < -0.4 is 0 Å². The van der Waals surface area contributed by atoms with E-state index in [9.17, 15) is 13.2 Å². The molecule has 1 heterocycles. The lowest BCUT2D eigenvalue weighted by molar-refractivity contribution is 0.0635. The third-order valence-electron chi connectivity index (χ3n) is 5.91. The fourth-order valence-electron chi connectivity index (χ4n) is 4.16. The molecule has 1 saturated heterocycles. The zero-order chi connectivity index (χ0) is 18.7. The number of benzene rings is 1. The summed E-state index contributed by atoms with van der Waals surface area (Å²) >= 11 is 0. The standard InChI is InChI=1S/C20H30N2O3S/c1-16-9-6-7-14-22(16)20(23)17-10-8-13-19(15-17)26(24,25)21(2)18-11-4-3-5-12-18/h8,10,13,15-16,18H,3-7,9,11-12,14H2,1-2H3. The van der Waals surface area contributed by atoms with E-state index in [1.807, 2.05) is 4.90 Å². The highest BCUT2D eigenvalue weighted by molar-refractivity contribution is 7.89. The third kappa shape index (κ3) is 3.96. The molecule has 26 heavy (non-hydrogen) atoms. The number of rotatable bonds is 4. The number of sulfonamides is 1. The Morgan fingerprint density at radius 3 is 2.46 bits per heavy atom. The minimum Gasteiger partial charge on any atom is -0.336 e. The van der Waals surface area contributed by atoms with E-state index >= 15 is 0 Å². The van der Waals surface area contributed by atoms with Crippen molar-refractivity contribution in [1.29, 1.82) is 0 Å². The lowest BCUT2D eigenvalue weighted by atomic mass is 9.96. The molecule has 0 N–H and O–H groups in total. The summed E-state index contributed by atoms with van der Waals surface area (Å²) in [7, 11) is -1.90. The smallest absolute Gasteiger partial charge is 0.254 e. The first-order valence-electron chi connectivity index (χ1n) is 9.80. The number of carbonyl (C=O) groups is 1. The fourth-order valence-corrected chi connectivity index (χ4v) is 5.62. The van der Waals surface area contributed by atoms with Gasteiger partial charge in [-0.1, -0.05) is 25.3 Å². The van der Waals surface area contributed by atoms with Crippen LogP contribution in [0.15, 0.2) is 29.2 Å². The number of carbonyl (C=O) groups excluding carboxylic acids is 1. The highest BCUT2D eigenvalue weighted by atomic mass is 32.2. The zero-order valence-corrected chi connectivity index (χ0v) is 16.7. The summed E-state index contributed by atoms with van der Waals surface area (Å²) in [6, 6.07) is 6.84. The van der Waals surface area contributed by atoms with Crippen molar-refractivity contribution < 1.29 is 13.2 Å². The molecule has 1 aliphatic carbocycles. The average Bonchev–Trinajstić information content (AvgIpc) is 2.68. The van der Waals surface area contributed by atoms with Crippen LogP contribution in [0.3, 0.4) is 0 Å². The minimum atomic E-state index is -3.58. The van der Waals surface area contributed by atoms with Gasteiger partial charge in [0, 0.05) is 31.2 Å². The normalized spacial score (nSPS) is 22.6. The number of hydrogen-bond acceptors (Lipinski definition) is 3. The molecule has 1 amide bonds. The molecular weight excluding hydrogens is 348 g/mol. The Bertz CT molecular complexity index is 741. The van der Waals surface area contributed by atoms with Gasteiger partial charge in [0.15, 0.2) is 0 Å². The van der Waals surface area contributed by atoms with Gasteiger partial charge in [-0.15, -0.1) is 0 Å². The van der Waals surface area contributed by atoms with Gasteiger partial charge < -0.3 is 4.90 Å². The van der Waals surface area contributed by atoms with Crippen LogP contribution in [0.4, 0.5) is 0 Å². The molecule has 1 saturated carbocycles. The first kappa shape index (κ1) is 19.4. The Morgan fingerprint density at radius 2 is 1.77 bits per heavy atom. The van der Waals surface area contributed by atoms with Gasteiger partial charge in [-0.25, -0.2) is 8.42 Å². The van der Waals surface area contributed by atoms with Crippen molar-refractivity contribution in [3.05, 3.63) is 29.8 Å². The first-order valence-corrected chi connectivity index (χ1v) is 11.2. The molecular formula is C20H30N2O3S. The van der Waals surface area contributed by atoms with Crippen LogP contribution >= 0.6 is 0 Å². The van der Waals surface area contributed by atoms with Gasteiger partial charge in [0.25, 0.3) is 5.91 Å². The van der Waals surface area contributed by atoms with Crippen LogP contribution in [0.1, 0.15) is 68.6 Å². The Hall–Kier alpha value is -1.40. The molecule has 2 aliphatic rings. The number of likely N-dealkylation sites (tertiary alicyclic amines) is 1. The predicted molar refractivity (Wildman–Crippen MR) is 103 cm³/mol.